The van der Waals surface area contributed by atoms with Crippen molar-refractivity contribution >= 4 is 10.0 Å². The van der Waals surface area contributed by atoms with Crippen LogP contribution in [-0.2, 0) is 16.6 Å². The third-order valence-electron chi connectivity index (χ3n) is 3.43. The molecule has 6 nitrogen and oxygen atoms in total. The van der Waals surface area contributed by atoms with E-state index in [2.05, 4.69) is 5.10 Å². The Morgan fingerprint density at radius 3 is 2.24 bits per heavy atom. The molecule has 0 aliphatic carbocycles. The van der Waals surface area contributed by atoms with Gasteiger partial charge >= 0.3 is 0 Å². The number of hydrogen-bond acceptors (Lipinski definition) is 4. The van der Waals surface area contributed by atoms with E-state index in [0.29, 0.717) is 42.5 Å². The van der Waals surface area contributed by atoms with Gasteiger partial charge in [0.15, 0.2) is 0 Å². The Morgan fingerprint density at radius 2 is 1.76 bits per heavy atom. The summed E-state index contributed by atoms with van der Waals surface area (Å²) >= 11 is 0. The minimum absolute atomic E-state index is 0.362. The van der Waals surface area contributed by atoms with Crippen LogP contribution < -0.4 is 5.73 Å². The van der Waals surface area contributed by atoms with Gasteiger partial charge in [0, 0.05) is 19.6 Å². The minimum atomic E-state index is -3.47. The molecule has 1 rings (SSSR count). The summed E-state index contributed by atoms with van der Waals surface area (Å²) in [5.41, 5.74) is 6.79. The summed E-state index contributed by atoms with van der Waals surface area (Å²) in [4.78, 5) is 0.362. The number of hydrogen-bond donors (Lipinski definition) is 1. The van der Waals surface area contributed by atoms with Gasteiger partial charge in [0.2, 0.25) is 10.0 Å². The highest BCUT2D eigenvalue weighted by molar-refractivity contribution is 7.89. The van der Waals surface area contributed by atoms with Gasteiger partial charge < -0.3 is 5.73 Å². The summed E-state index contributed by atoms with van der Waals surface area (Å²) in [7, 11) is -3.47. The summed E-state index contributed by atoms with van der Waals surface area (Å²) in [6.07, 6.45) is 2.40. The number of nitrogens with two attached hydrogens (primary N) is 1. The first-order chi connectivity index (χ1) is 9.89. The van der Waals surface area contributed by atoms with Gasteiger partial charge in [-0.25, -0.2) is 8.42 Å². The average Bonchev–Trinajstić information content (AvgIpc) is 2.71. The smallest absolute Gasteiger partial charge is 0.246 e. The maximum atomic E-state index is 12.9. The van der Waals surface area contributed by atoms with Crippen molar-refractivity contribution < 1.29 is 8.42 Å². The number of aryl methyl sites for hydroxylation is 2. The Morgan fingerprint density at radius 1 is 1.19 bits per heavy atom. The summed E-state index contributed by atoms with van der Waals surface area (Å²) in [6.45, 7) is 9.87. The van der Waals surface area contributed by atoms with Crippen LogP contribution in [0.1, 0.15) is 44.5 Å². The van der Waals surface area contributed by atoms with Crippen molar-refractivity contribution in [3.8, 4) is 0 Å². The monoisotopic (exact) mass is 316 g/mol. The first-order valence-electron chi connectivity index (χ1n) is 7.64. The first-order valence-corrected chi connectivity index (χ1v) is 9.08. The molecule has 1 aromatic rings. The van der Waals surface area contributed by atoms with Crippen molar-refractivity contribution in [1.82, 2.24) is 14.1 Å². The zero-order valence-corrected chi connectivity index (χ0v) is 14.4. The highest BCUT2D eigenvalue weighted by atomic mass is 32.2. The van der Waals surface area contributed by atoms with Crippen molar-refractivity contribution in [3.63, 3.8) is 0 Å². The van der Waals surface area contributed by atoms with Gasteiger partial charge in [0.1, 0.15) is 4.90 Å². The maximum Gasteiger partial charge on any atom is 0.246 e. The van der Waals surface area contributed by atoms with E-state index < -0.39 is 10.0 Å². The SMILES string of the molecule is CCCN(CCC)S(=O)(=O)c1c(C)nn(CCCN)c1C. The van der Waals surface area contributed by atoms with E-state index in [1.807, 2.05) is 20.8 Å². The van der Waals surface area contributed by atoms with Gasteiger partial charge in [-0.3, -0.25) is 4.68 Å². The fourth-order valence-corrected chi connectivity index (χ4v) is 4.49. The summed E-state index contributed by atoms with van der Waals surface area (Å²) in [6, 6.07) is 0. The molecule has 7 heteroatoms. The second-order valence-corrected chi connectivity index (χ2v) is 7.14. The fourth-order valence-electron chi connectivity index (χ4n) is 2.49. The van der Waals surface area contributed by atoms with Crippen LogP contribution in [0.4, 0.5) is 0 Å². The standard InChI is InChI=1S/C14H28N4O2S/c1-5-9-17(10-6-2)21(19,20)14-12(3)16-18(13(14)4)11-7-8-15/h5-11,15H2,1-4H3. The maximum absolute atomic E-state index is 12.9. The van der Waals surface area contributed by atoms with E-state index in [4.69, 9.17) is 5.73 Å². The number of aromatic nitrogens is 2. The molecular formula is C14H28N4O2S. The lowest BCUT2D eigenvalue weighted by Crippen LogP contribution is -2.33. The van der Waals surface area contributed by atoms with E-state index in [9.17, 15) is 8.42 Å². The normalized spacial score (nSPS) is 12.3. The Balaban J connectivity index is 3.20. The molecule has 0 bridgehead atoms. The zero-order chi connectivity index (χ0) is 16.0. The highest BCUT2D eigenvalue weighted by Gasteiger charge is 2.29. The Kier molecular flexibility index (Phi) is 6.83. The Bertz CT molecular complexity index is 546. The molecule has 21 heavy (non-hydrogen) atoms. The molecule has 0 aliphatic rings. The van der Waals surface area contributed by atoms with Gasteiger partial charge in [0.05, 0.1) is 11.4 Å². The molecular weight excluding hydrogens is 288 g/mol. The molecule has 0 saturated heterocycles. The van der Waals surface area contributed by atoms with Gasteiger partial charge in [-0.15, -0.1) is 0 Å². The second kappa shape index (κ2) is 7.91. The van der Waals surface area contributed by atoms with Crippen molar-refractivity contribution in [2.75, 3.05) is 19.6 Å². The average molecular weight is 316 g/mol. The molecule has 122 valence electrons. The zero-order valence-electron chi connectivity index (χ0n) is 13.6. The number of rotatable bonds is 9. The lowest BCUT2D eigenvalue weighted by atomic mass is 10.4. The van der Waals surface area contributed by atoms with E-state index in [1.165, 1.54) is 0 Å². The quantitative estimate of drug-likeness (QED) is 0.751. The molecule has 0 aliphatic heterocycles. The van der Waals surface area contributed by atoms with Gasteiger partial charge in [-0.1, -0.05) is 13.8 Å². The third-order valence-corrected chi connectivity index (χ3v) is 5.58. The van der Waals surface area contributed by atoms with Crippen LogP contribution in [0, 0.1) is 13.8 Å². The lowest BCUT2D eigenvalue weighted by molar-refractivity contribution is 0.409. The largest absolute Gasteiger partial charge is 0.330 e. The molecule has 0 atom stereocenters. The predicted octanol–water partition coefficient (Wildman–Crippen LogP) is 1.66. The van der Waals surface area contributed by atoms with E-state index in [1.54, 1.807) is 15.9 Å². The van der Waals surface area contributed by atoms with Crippen LogP contribution in [0.3, 0.4) is 0 Å². The van der Waals surface area contributed by atoms with Crippen LogP contribution in [0.15, 0.2) is 4.90 Å². The molecule has 1 heterocycles. The van der Waals surface area contributed by atoms with Gasteiger partial charge in [-0.2, -0.15) is 9.40 Å². The molecule has 0 fully saturated rings. The lowest BCUT2D eigenvalue weighted by Gasteiger charge is -2.21. The molecule has 0 radical (unpaired) electrons. The van der Waals surface area contributed by atoms with Crippen LogP contribution in [0.5, 0.6) is 0 Å². The molecule has 2 N–H and O–H groups in total. The van der Waals surface area contributed by atoms with Crippen molar-refractivity contribution in [1.29, 1.82) is 0 Å². The highest BCUT2D eigenvalue weighted by Crippen LogP contribution is 2.24. The molecule has 0 spiro atoms. The van der Waals surface area contributed by atoms with Crippen LogP contribution in [0.2, 0.25) is 0 Å². The Labute approximate surface area is 128 Å². The number of sulfonamides is 1. The van der Waals surface area contributed by atoms with Crippen molar-refractivity contribution in [3.05, 3.63) is 11.4 Å². The summed E-state index contributed by atoms with van der Waals surface area (Å²) < 4.78 is 29.1. The van der Waals surface area contributed by atoms with Crippen LogP contribution in [-0.4, -0.2) is 42.1 Å². The van der Waals surface area contributed by atoms with Gasteiger partial charge in [0.25, 0.3) is 0 Å². The number of nitrogens with zero attached hydrogens (tertiary/aromatic N) is 3. The van der Waals surface area contributed by atoms with Crippen molar-refractivity contribution in [2.45, 2.75) is 58.4 Å². The molecule has 0 unspecified atom stereocenters. The molecule has 1 aromatic heterocycles. The predicted molar refractivity (Wildman–Crippen MR) is 84.7 cm³/mol. The summed E-state index contributed by atoms with van der Waals surface area (Å²) in [5.74, 6) is 0. The van der Waals surface area contributed by atoms with Gasteiger partial charge in [-0.05, 0) is 39.7 Å². The second-order valence-electron chi connectivity index (χ2n) is 5.27. The summed E-state index contributed by atoms with van der Waals surface area (Å²) in [5, 5.41) is 4.37. The Hall–Kier alpha value is -0.920. The molecule has 0 aromatic carbocycles. The minimum Gasteiger partial charge on any atom is -0.330 e. The first kappa shape index (κ1) is 18.1. The van der Waals surface area contributed by atoms with E-state index >= 15 is 0 Å². The fraction of sp³-hybridized carbons (Fsp3) is 0.786. The molecule has 0 amide bonds. The topological polar surface area (TPSA) is 81.2 Å². The van der Waals surface area contributed by atoms with Crippen LogP contribution >= 0.6 is 0 Å². The van der Waals surface area contributed by atoms with E-state index in [-0.39, 0.29) is 0 Å². The molecule has 0 saturated carbocycles. The third kappa shape index (κ3) is 4.05. The van der Waals surface area contributed by atoms with Crippen LogP contribution in [0.25, 0.3) is 0 Å². The van der Waals surface area contributed by atoms with Crippen molar-refractivity contribution in [2.24, 2.45) is 5.73 Å². The van der Waals surface area contributed by atoms with E-state index in [0.717, 1.165) is 19.3 Å².